The number of nitrogens with one attached hydrogen (secondary N) is 1. The zero-order chi connectivity index (χ0) is 21.1. The predicted octanol–water partition coefficient (Wildman–Crippen LogP) is 1.42. The van der Waals surface area contributed by atoms with Crippen molar-refractivity contribution >= 4 is 31.8 Å². The van der Waals surface area contributed by atoms with E-state index < -0.39 is 19.9 Å². The van der Waals surface area contributed by atoms with E-state index in [9.17, 15) is 21.6 Å². The van der Waals surface area contributed by atoms with Crippen LogP contribution in [0.5, 0.6) is 0 Å². The number of sulfone groups is 1. The monoisotopic (exact) mass is 438 g/mol. The van der Waals surface area contributed by atoms with Crippen molar-refractivity contribution in [3.8, 4) is 0 Å². The Bertz CT molecular complexity index is 1090. The van der Waals surface area contributed by atoms with Crippen LogP contribution in [0, 0.1) is 0 Å². The maximum atomic E-state index is 12.3. The third-order valence-corrected chi connectivity index (χ3v) is 7.90. The molecule has 0 radical (unpaired) electrons. The van der Waals surface area contributed by atoms with Crippen LogP contribution in [0.2, 0.25) is 0 Å². The summed E-state index contributed by atoms with van der Waals surface area (Å²) >= 11 is 0. The molecule has 10 heteroatoms. The lowest BCUT2D eigenvalue weighted by atomic mass is 10.2. The molecule has 0 aliphatic carbocycles. The van der Waals surface area contributed by atoms with E-state index in [1.165, 1.54) is 29.4 Å². The summed E-state index contributed by atoms with van der Waals surface area (Å²) in [6, 6.07) is 9.10. The highest BCUT2D eigenvalue weighted by molar-refractivity contribution is 7.91. The third kappa shape index (κ3) is 5.55. The molecule has 1 atom stereocenters. The smallest absolute Gasteiger partial charge is 0.246 e. The number of hydrogen-bond donors (Lipinski definition) is 1. The van der Waals surface area contributed by atoms with Crippen LogP contribution in [-0.4, -0.2) is 52.2 Å². The Morgan fingerprint density at radius 2 is 2.00 bits per heavy atom. The van der Waals surface area contributed by atoms with E-state index in [4.69, 9.17) is 4.42 Å². The van der Waals surface area contributed by atoms with Crippen molar-refractivity contribution in [2.75, 3.05) is 18.6 Å². The van der Waals surface area contributed by atoms with Gasteiger partial charge in [-0.3, -0.25) is 4.79 Å². The molecule has 1 fully saturated rings. The molecule has 1 unspecified atom stereocenters. The fourth-order valence-electron chi connectivity index (χ4n) is 2.97. The summed E-state index contributed by atoms with van der Waals surface area (Å²) in [4.78, 5) is 13.8. The number of hydrogen-bond acceptors (Lipinski definition) is 6. The van der Waals surface area contributed by atoms with Gasteiger partial charge < -0.3 is 9.32 Å². The highest BCUT2D eigenvalue weighted by Crippen LogP contribution is 2.17. The molecule has 2 heterocycles. The number of rotatable bonds is 7. The molecule has 8 nitrogen and oxygen atoms in total. The Kier molecular flexibility index (Phi) is 6.25. The lowest BCUT2D eigenvalue weighted by molar-refractivity contribution is -0.126. The average molecular weight is 439 g/mol. The van der Waals surface area contributed by atoms with Gasteiger partial charge in [0.1, 0.15) is 5.76 Å². The number of sulfonamides is 1. The van der Waals surface area contributed by atoms with Crippen molar-refractivity contribution in [2.24, 2.45) is 0 Å². The zero-order valence-corrected chi connectivity index (χ0v) is 17.4. The van der Waals surface area contributed by atoms with Crippen molar-refractivity contribution < 1.29 is 26.0 Å². The van der Waals surface area contributed by atoms with Crippen LogP contribution in [0.4, 0.5) is 0 Å². The van der Waals surface area contributed by atoms with Crippen LogP contribution >= 0.6 is 0 Å². The van der Waals surface area contributed by atoms with Gasteiger partial charge in [0, 0.05) is 19.2 Å². The van der Waals surface area contributed by atoms with E-state index in [1.807, 2.05) is 0 Å². The minimum atomic E-state index is -3.69. The Morgan fingerprint density at radius 1 is 1.28 bits per heavy atom. The van der Waals surface area contributed by atoms with Gasteiger partial charge in [0.25, 0.3) is 0 Å². The molecule has 2 aromatic rings. The minimum Gasteiger partial charge on any atom is -0.468 e. The first kappa shape index (κ1) is 21.3. The Morgan fingerprint density at radius 3 is 2.59 bits per heavy atom. The fourth-order valence-corrected chi connectivity index (χ4v) is 5.73. The molecule has 1 amide bonds. The van der Waals surface area contributed by atoms with Crippen molar-refractivity contribution in [1.29, 1.82) is 0 Å². The molecule has 1 aromatic carbocycles. The van der Waals surface area contributed by atoms with E-state index >= 15 is 0 Å². The standard InChI is InChI=1S/C19H22N2O6S2/c1-21(16-10-12-28(23,24)14-16)19(22)9-6-15-4-7-18(8-5-15)29(25,26)20-13-17-3-2-11-27-17/h2-9,11,16,20H,10,12-14H2,1H3/b9-6+. The first-order valence-corrected chi connectivity index (χ1v) is 12.2. The quantitative estimate of drug-likeness (QED) is 0.654. The van der Waals surface area contributed by atoms with Crippen LogP contribution in [0.3, 0.4) is 0 Å². The van der Waals surface area contributed by atoms with Crippen LogP contribution < -0.4 is 4.72 Å². The second kappa shape index (κ2) is 8.52. The molecule has 0 spiro atoms. The summed E-state index contributed by atoms with van der Waals surface area (Å²) in [6.45, 7) is 0.0503. The normalized spacial score (nSPS) is 18.9. The number of likely N-dealkylation sites (N-methyl/N-ethyl adjacent to an activating group) is 1. The Hall–Kier alpha value is -2.43. The van der Waals surface area contributed by atoms with Gasteiger partial charge in [0.2, 0.25) is 15.9 Å². The van der Waals surface area contributed by atoms with Crippen LogP contribution in [0.15, 0.2) is 58.1 Å². The molecule has 156 valence electrons. The van der Waals surface area contributed by atoms with Gasteiger partial charge in [-0.15, -0.1) is 0 Å². The predicted molar refractivity (Wildman–Crippen MR) is 108 cm³/mol. The van der Waals surface area contributed by atoms with Crippen molar-refractivity contribution in [3.05, 3.63) is 60.1 Å². The van der Waals surface area contributed by atoms with Gasteiger partial charge in [-0.2, -0.15) is 0 Å². The summed E-state index contributed by atoms with van der Waals surface area (Å²) in [6.07, 6.45) is 4.82. The van der Waals surface area contributed by atoms with Gasteiger partial charge >= 0.3 is 0 Å². The van der Waals surface area contributed by atoms with E-state index in [0.29, 0.717) is 17.7 Å². The second-order valence-corrected chi connectivity index (χ2v) is 10.8. The molecular weight excluding hydrogens is 416 g/mol. The van der Waals surface area contributed by atoms with Gasteiger partial charge in [-0.05, 0) is 42.3 Å². The summed E-state index contributed by atoms with van der Waals surface area (Å²) in [7, 11) is -5.17. The van der Waals surface area contributed by atoms with E-state index in [2.05, 4.69) is 4.72 Å². The minimum absolute atomic E-state index is 0.0133. The number of furan rings is 1. The van der Waals surface area contributed by atoms with Crippen LogP contribution in [0.25, 0.3) is 6.08 Å². The molecule has 1 N–H and O–H groups in total. The lowest BCUT2D eigenvalue weighted by Gasteiger charge is -2.21. The zero-order valence-electron chi connectivity index (χ0n) is 15.8. The van der Waals surface area contributed by atoms with Gasteiger partial charge in [0.15, 0.2) is 9.84 Å². The topological polar surface area (TPSA) is 114 Å². The molecule has 1 aromatic heterocycles. The molecule has 1 saturated heterocycles. The summed E-state index contributed by atoms with van der Waals surface area (Å²) < 4.78 is 55.3. The molecular formula is C19H22N2O6S2. The molecule has 3 rings (SSSR count). The van der Waals surface area contributed by atoms with Crippen molar-refractivity contribution in [3.63, 3.8) is 0 Å². The van der Waals surface area contributed by atoms with Crippen LogP contribution in [0.1, 0.15) is 17.7 Å². The SMILES string of the molecule is CN(C(=O)/C=C/c1ccc(S(=O)(=O)NCc2ccco2)cc1)C1CCS(=O)(=O)C1. The molecule has 1 aliphatic rings. The summed E-state index contributed by atoms with van der Waals surface area (Å²) in [5, 5.41) is 0. The maximum Gasteiger partial charge on any atom is 0.246 e. The number of amides is 1. The third-order valence-electron chi connectivity index (χ3n) is 4.73. The largest absolute Gasteiger partial charge is 0.468 e. The highest BCUT2D eigenvalue weighted by Gasteiger charge is 2.32. The summed E-state index contributed by atoms with van der Waals surface area (Å²) in [5.74, 6) is 0.290. The number of nitrogens with zero attached hydrogens (tertiary/aromatic N) is 1. The van der Waals surface area contributed by atoms with Crippen molar-refractivity contribution in [1.82, 2.24) is 9.62 Å². The fraction of sp³-hybridized carbons (Fsp3) is 0.316. The lowest BCUT2D eigenvalue weighted by Crippen LogP contribution is -2.36. The first-order chi connectivity index (χ1) is 13.7. The molecule has 29 heavy (non-hydrogen) atoms. The number of carbonyl (C=O) groups is 1. The summed E-state index contributed by atoms with van der Waals surface area (Å²) in [5.41, 5.74) is 0.649. The second-order valence-electron chi connectivity index (χ2n) is 6.81. The number of benzene rings is 1. The highest BCUT2D eigenvalue weighted by atomic mass is 32.2. The van der Waals surface area contributed by atoms with E-state index in [0.717, 1.165) is 0 Å². The Labute approximate surface area is 170 Å². The van der Waals surface area contributed by atoms with Gasteiger partial charge in [-0.25, -0.2) is 21.6 Å². The Balaban J connectivity index is 1.60. The average Bonchev–Trinajstić information content (AvgIpc) is 3.33. The van der Waals surface area contributed by atoms with Crippen molar-refractivity contribution in [2.45, 2.75) is 23.9 Å². The number of carbonyl (C=O) groups excluding carboxylic acids is 1. The van der Waals surface area contributed by atoms with E-state index in [-0.39, 0.29) is 34.9 Å². The first-order valence-electron chi connectivity index (χ1n) is 8.94. The van der Waals surface area contributed by atoms with Gasteiger partial charge in [0.05, 0.1) is 29.2 Å². The molecule has 1 aliphatic heterocycles. The van der Waals surface area contributed by atoms with E-state index in [1.54, 1.807) is 37.4 Å². The molecule has 0 saturated carbocycles. The molecule has 0 bridgehead atoms. The van der Waals surface area contributed by atoms with Crippen LogP contribution in [-0.2, 0) is 31.2 Å². The maximum absolute atomic E-state index is 12.3. The van der Waals surface area contributed by atoms with Gasteiger partial charge in [-0.1, -0.05) is 12.1 Å².